The molecule has 0 N–H and O–H groups in total. The number of rotatable bonds is 0. The summed E-state index contributed by atoms with van der Waals surface area (Å²) in [6.45, 7) is 4.34. The molecule has 2 aromatic rings. The second-order valence-corrected chi connectivity index (χ2v) is 4.90. The summed E-state index contributed by atoms with van der Waals surface area (Å²) in [6, 6.07) is 13.7. The molecule has 0 heterocycles. The van der Waals surface area contributed by atoms with Gasteiger partial charge in [0.15, 0.2) is 0 Å². The highest BCUT2D eigenvalue weighted by atomic mass is 14.2. The zero-order chi connectivity index (χ0) is 11.1. The molecule has 0 fully saturated rings. The van der Waals surface area contributed by atoms with Crippen molar-refractivity contribution in [3.63, 3.8) is 0 Å². The van der Waals surface area contributed by atoms with Crippen molar-refractivity contribution in [1.29, 1.82) is 0 Å². The summed E-state index contributed by atoms with van der Waals surface area (Å²) in [5, 5.41) is 0. The molecule has 0 nitrogen and oxygen atoms in total. The Morgan fingerprint density at radius 3 is 1.50 bits per heavy atom. The molecule has 0 aromatic heterocycles. The van der Waals surface area contributed by atoms with E-state index in [1.165, 1.54) is 33.4 Å². The minimum atomic E-state index is 1.10. The summed E-state index contributed by atoms with van der Waals surface area (Å²) in [7, 11) is 0. The lowest BCUT2D eigenvalue weighted by atomic mass is 9.85. The van der Waals surface area contributed by atoms with Crippen molar-refractivity contribution in [3.05, 3.63) is 69.8 Å². The van der Waals surface area contributed by atoms with Crippen LogP contribution in [0.5, 0.6) is 0 Å². The van der Waals surface area contributed by atoms with E-state index < -0.39 is 0 Å². The van der Waals surface area contributed by atoms with Gasteiger partial charge >= 0.3 is 0 Å². The average Bonchev–Trinajstić information content (AvgIpc) is 2.26. The van der Waals surface area contributed by atoms with Crippen LogP contribution < -0.4 is 0 Å². The minimum Gasteiger partial charge on any atom is -0.0590 e. The number of benzene rings is 2. The van der Waals surface area contributed by atoms with Crippen LogP contribution in [0.15, 0.2) is 36.4 Å². The van der Waals surface area contributed by atoms with E-state index in [0.29, 0.717) is 0 Å². The molecule has 3 rings (SSSR count). The fourth-order valence-corrected chi connectivity index (χ4v) is 2.59. The molecule has 1 aliphatic carbocycles. The van der Waals surface area contributed by atoms with Crippen molar-refractivity contribution >= 4 is 0 Å². The van der Waals surface area contributed by atoms with Crippen LogP contribution in [-0.2, 0) is 12.8 Å². The monoisotopic (exact) mass is 208 g/mol. The Morgan fingerprint density at radius 2 is 1.06 bits per heavy atom. The molecular formula is C16H16. The van der Waals surface area contributed by atoms with Crippen LogP contribution in [0.2, 0.25) is 0 Å². The van der Waals surface area contributed by atoms with Gasteiger partial charge in [0, 0.05) is 0 Å². The second-order valence-electron chi connectivity index (χ2n) is 4.90. The van der Waals surface area contributed by atoms with Crippen molar-refractivity contribution < 1.29 is 0 Å². The molecule has 0 spiro atoms. The van der Waals surface area contributed by atoms with Crippen molar-refractivity contribution in [2.24, 2.45) is 0 Å². The third-order valence-electron chi connectivity index (χ3n) is 3.49. The summed E-state index contributed by atoms with van der Waals surface area (Å²) >= 11 is 0. The first kappa shape index (κ1) is 9.65. The van der Waals surface area contributed by atoms with Crippen molar-refractivity contribution in [3.8, 4) is 0 Å². The standard InChI is InChI=1S/C16H16/c1-11-3-5-13-10-16-8-12(2)4-6-14(16)9-15(13)7-11/h3-8H,9-10H2,1-2H3. The molecule has 0 unspecified atom stereocenters. The smallest absolute Gasteiger partial charge is 0.00200 e. The molecule has 0 saturated heterocycles. The zero-order valence-electron chi connectivity index (χ0n) is 9.88. The van der Waals surface area contributed by atoms with Crippen molar-refractivity contribution in [2.45, 2.75) is 26.7 Å². The van der Waals surface area contributed by atoms with Crippen LogP contribution in [0.3, 0.4) is 0 Å². The molecule has 2 aromatic carbocycles. The highest BCUT2D eigenvalue weighted by molar-refractivity contribution is 5.47. The first-order chi connectivity index (χ1) is 7.72. The van der Waals surface area contributed by atoms with Crippen LogP contribution in [0.1, 0.15) is 33.4 Å². The van der Waals surface area contributed by atoms with E-state index in [2.05, 4.69) is 50.2 Å². The highest BCUT2D eigenvalue weighted by Crippen LogP contribution is 2.28. The lowest BCUT2D eigenvalue weighted by Crippen LogP contribution is -2.07. The van der Waals surface area contributed by atoms with Gasteiger partial charge in [-0.05, 0) is 48.9 Å². The molecule has 0 atom stereocenters. The molecule has 80 valence electrons. The van der Waals surface area contributed by atoms with E-state index >= 15 is 0 Å². The lowest BCUT2D eigenvalue weighted by Gasteiger charge is -2.20. The SMILES string of the molecule is Cc1ccc2c(c1)Cc1ccc(C)cc1C2. The van der Waals surface area contributed by atoms with E-state index in [-0.39, 0.29) is 0 Å². The van der Waals surface area contributed by atoms with Crippen LogP contribution >= 0.6 is 0 Å². The van der Waals surface area contributed by atoms with Gasteiger partial charge in [-0.15, -0.1) is 0 Å². The maximum Gasteiger partial charge on any atom is -0.00200 e. The van der Waals surface area contributed by atoms with Crippen LogP contribution in [-0.4, -0.2) is 0 Å². The predicted molar refractivity (Wildman–Crippen MR) is 68.0 cm³/mol. The number of hydrogen-bond acceptors (Lipinski definition) is 0. The summed E-state index contributed by atoms with van der Waals surface area (Å²) in [4.78, 5) is 0. The fourth-order valence-electron chi connectivity index (χ4n) is 2.59. The topological polar surface area (TPSA) is 0 Å². The molecule has 0 radical (unpaired) electrons. The Balaban J connectivity index is 2.09. The summed E-state index contributed by atoms with van der Waals surface area (Å²) in [5.41, 5.74) is 8.77. The van der Waals surface area contributed by atoms with Gasteiger partial charge in [0.25, 0.3) is 0 Å². The summed E-state index contributed by atoms with van der Waals surface area (Å²) < 4.78 is 0. The number of hydrogen-bond donors (Lipinski definition) is 0. The maximum atomic E-state index is 2.33. The normalized spacial score (nSPS) is 13.1. The lowest BCUT2D eigenvalue weighted by molar-refractivity contribution is 0.993. The quantitative estimate of drug-likeness (QED) is 0.527. The molecular weight excluding hydrogens is 192 g/mol. The third kappa shape index (κ3) is 1.55. The fraction of sp³-hybridized carbons (Fsp3) is 0.250. The van der Waals surface area contributed by atoms with E-state index in [1.54, 1.807) is 0 Å². The minimum absolute atomic E-state index is 1.10. The van der Waals surface area contributed by atoms with Gasteiger partial charge in [0.2, 0.25) is 0 Å². The zero-order valence-corrected chi connectivity index (χ0v) is 9.88. The number of fused-ring (bicyclic) bond motifs is 2. The Bertz CT molecular complexity index is 498. The molecule has 0 amide bonds. The third-order valence-corrected chi connectivity index (χ3v) is 3.49. The predicted octanol–water partition coefficient (Wildman–Crippen LogP) is 3.80. The van der Waals surface area contributed by atoms with Gasteiger partial charge in [0.1, 0.15) is 0 Å². The van der Waals surface area contributed by atoms with E-state index in [9.17, 15) is 0 Å². The maximum absolute atomic E-state index is 2.33. The Hall–Kier alpha value is -1.56. The van der Waals surface area contributed by atoms with Crippen LogP contribution in [0.25, 0.3) is 0 Å². The van der Waals surface area contributed by atoms with Gasteiger partial charge in [-0.3, -0.25) is 0 Å². The van der Waals surface area contributed by atoms with Gasteiger partial charge < -0.3 is 0 Å². The Kier molecular flexibility index (Phi) is 2.10. The van der Waals surface area contributed by atoms with Gasteiger partial charge in [0.05, 0.1) is 0 Å². The first-order valence-electron chi connectivity index (χ1n) is 5.89. The molecule has 0 heteroatoms. The van der Waals surface area contributed by atoms with Crippen LogP contribution in [0, 0.1) is 13.8 Å². The van der Waals surface area contributed by atoms with Crippen LogP contribution in [0.4, 0.5) is 0 Å². The Labute approximate surface area is 96.9 Å². The first-order valence-corrected chi connectivity index (χ1v) is 5.89. The van der Waals surface area contributed by atoms with Crippen molar-refractivity contribution in [2.75, 3.05) is 0 Å². The van der Waals surface area contributed by atoms with Gasteiger partial charge in [-0.1, -0.05) is 47.5 Å². The van der Waals surface area contributed by atoms with E-state index in [1.807, 2.05) is 0 Å². The highest BCUT2D eigenvalue weighted by Gasteiger charge is 2.14. The molecule has 0 aliphatic heterocycles. The van der Waals surface area contributed by atoms with E-state index in [0.717, 1.165) is 12.8 Å². The molecule has 0 saturated carbocycles. The van der Waals surface area contributed by atoms with Crippen molar-refractivity contribution in [1.82, 2.24) is 0 Å². The van der Waals surface area contributed by atoms with Gasteiger partial charge in [-0.25, -0.2) is 0 Å². The van der Waals surface area contributed by atoms with Gasteiger partial charge in [-0.2, -0.15) is 0 Å². The average molecular weight is 208 g/mol. The number of aryl methyl sites for hydroxylation is 2. The largest absolute Gasteiger partial charge is 0.0590 e. The molecule has 1 aliphatic rings. The molecule has 16 heavy (non-hydrogen) atoms. The van der Waals surface area contributed by atoms with E-state index in [4.69, 9.17) is 0 Å². The Morgan fingerprint density at radius 1 is 0.625 bits per heavy atom. The molecule has 0 bridgehead atoms. The summed E-state index contributed by atoms with van der Waals surface area (Å²) in [5.74, 6) is 0. The second kappa shape index (κ2) is 3.48. The summed E-state index contributed by atoms with van der Waals surface area (Å²) in [6.07, 6.45) is 2.21.